The van der Waals surface area contributed by atoms with E-state index >= 15 is 0 Å². The third kappa shape index (κ3) is 5.80. The highest BCUT2D eigenvalue weighted by Crippen LogP contribution is 2.25. The zero-order valence-electron chi connectivity index (χ0n) is 16.1. The largest absolute Gasteiger partial charge is 0.345 e. The van der Waals surface area contributed by atoms with Crippen molar-refractivity contribution in [3.63, 3.8) is 0 Å². The molecule has 2 aromatic carbocycles. The molecule has 1 saturated heterocycles. The van der Waals surface area contributed by atoms with E-state index in [1.165, 1.54) is 6.26 Å². The highest BCUT2D eigenvalue weighted by atomic mass is 35.5. The van der Waals surface area contributed by atoms with Crippen LogP contribution in [-0.4, -0.2) is 33.2 Å². The first-order valence-corrected chi connectivity index (χ1v) is 11.1. The zero-order chi connectivity index (χ0) is 19.4. The Hall–Kier alpha value is -1.89. The van der Waals surface area contributed by atoms with Crippen LogP contribution in [0.3, 0.4) is 0 Å². The van der Waals surface area contributed by atoms with Gasteiger partial charge < -0.3 is 10.6 Å². The Morgan fingerprint density at radius 1 is 1.18 bits per heavy atom. The quantitative estimate of drug-likeness (QED) is 0.749. The average Bonchev–Trinajstić information content (AvgIpc) is 3.13. The van der Waals surface area contributed by atoms with E-state index in [2.05, 4.69) is 10.6 Å². The Morgan fingerprint density at radius 3 is 2.50 bits per heavy atom. The molecule has 28 heavy (non-hydrogen) atoms. The number of rotatable bonds is 6. The molecule has 0 aromatic heterocycles. The smallest absolute Gasteiger partial charge is 0.222 e. The van der Waals surface area contributed by atoms with Gasteiger partial charge in [-0.1, -0.05) is 42.0 Å². The number of carbonyl (C=O) groups excluding carboxylic acids is 1. The van der Waals surface area contributed by atoms with Gasteiger partial charge in [-0.25, -0.2) is 8.42 Å². The first-order valence-electron chi connectivity index (χ1n) is 9.22. The van der Waals surface area contributed by atoms with Gasteiger partial charge in [-0.15, -0.1) is 12.4 Å². The number of halogens is 1. The molecule has 1 fully saturated rings. The minimum atomic E-state index is -3.32. The highest BCUT2D eigenvalue weighted by Gasteiger charge is 2.22. The maximum Gasteiger partial charge on any atom is 0.222 e. The minimum Gasteiger partial charge on any atom is -0.345 e. The molecule has 1 amide bonds. The third-order valence-corrected chi connectivity index (χ3v) is 6.04. The molecule has 3 rings (SSSR count). The lowest BCUT2D eigenvalue weighted by atomic mass is 9.97. The van der Waals surface area contributed by atoms with Crippen LogP contribution in [0.1, 0.15) is 42.0 Å². The summed E-state index contributed by atoms with van der Waals surface area (Å²) in [6.45, 7) is 2.96. The molecule has 2 aromatic rings. The molecule has 0 aliphatic carbocycles. The zero-order valence-corrected chi connectivity index (χ0v) is 17.8. The van der Waals surface area contributed by atoms with E-state index in [1.54, 1.807) is 18.2 Å². The van der Waals surface area contributed by atoms with Crippen LogP contribution >= 0.6 is 12.4 Å². The van der Waals surface area contributed by atoms with Gasteiger partial charge in [0.2, 0.25) is 5.91 Å². The minimum absolute atomic E-state index is 0. The monoisotopic (exact) mass is 422 g/mol. The van der Waals surface area contributed by atoms with Crippen LogP contribution in [0.4, 0.5) is 0 Å². The molecule has 2 N–H and O–H groups in total. The van der Waals surface area contributed by atoms with Crippen molar-refractivity contribution >= 4 is 28.2 Å². The second kappa shape index (κ2) is 9.54. The fraction of sp³-hybridized carbons (Fsp3) is 0.381. The second-order valence-corrected chi connectivity index (χ2v) is 9.27. The summed E-state index contributed by atoms with van der Waals surface area (Å²) in [5, 5.41) is 6.44. The summed E-state index contributed by atoms with van der Waals surface area (Å²) >= 11 is 0. The van der Waals surface area contributed by atoms with Crippen LogP contribution in [-0.2, 0) is 14.6 Å². The normalized spacial score (nSPS) is 17.6. The lowest BCUT2D eigenvalue weighted by Gasteiger charge is -2.22. The van der Waals surface area contributed by atoms with Crippen LogP contribution in [0.15, 0.2) is 53.4 Å². The summed E-state index contributed by atoms with van der Waals surface area (Å²) in [5.41, 5.74) is 2.82. The Balaban J connectivity index is 0.00000280. The van der Waals surface area contributed by atoms with Crippen LogP contribution in [0.5, 0.6) is 0 Å². The number of aryl methyl sites for hydroxylation is 1. The average molecular weight is 423 g/mol. The van der Waals surface area contributed by atoms with Crippen molar-refractivity contribution in [2.75, 3.05) is 12.8 Å². The molecule has 152 valence electrons. The van der Waals surface area contributed by atoms with Crippen LogP contribution in [0, 0.1) is 6.92 Å². The molecule has 1 aliphatic rings. The molecular formula is C21H27ClN2O3S. The number of amides is 1. The summed E-state index contributed by atoms with van der Waals surface area (Å²) in [5.74, 6) is -0.0373. The second-order valence-electron chi connectivity index (χ2n) is 7.25. The molecule has 2 atom stereocenters. The van der Waals surface area contributed by atoms with Gasteiger partial charge >= 0.3 is 0 Å². The Morgan fingerprint density at radius 2 is 1.89 bits per heavy atom. The van der Waals surface area contributed by atoms with E-state index in [0.717, 1.165) is 36.1 Å². The first kappa shape index (κ1) is 22.4. The van der Waals surface area contributed by atoms with E-state index in [1.807, 2.05) is 37.3 Å². The molecule has 0 bridgehead atoms. The van der Waals surface area contributed by atoms with Gasteiger partial charge in [0, 0.05) is 18.7 Å². The number of sulfone groups is 1. The van der Waals surface area contributed by atoms with Crippen molar-refractivity contribution in [1.29, 1.82) is 0 Å². The van der Waals surface area contributed by atoms with E-state index in [0.29, 0.717) is 6.42 Å². The van der Waals surface area contributed by atoms with E-state index in [4.69, 9.17) is 0 Å². The lowest BCUT2D eigenvalue weighted by molar-refractivity contribution is -0.122. The van der Waals surface area contributed by atoms with Crippen molar-refractivity contribution < 1.29 is 13.2 Å². The molecule has 2 unspecified atom stereocenters. The Labute approximate surface area is 173 Å². The standard InChI is InChI=1S/C21H26N2O3S.ClH/c1-15-8-10-16(11-9-15)21(23-20(24)14-18-6-4-12-22-18)17-5-3-7-19(13-17)27(2,25)26;/h3,5,7-11,13,18,21-22H,4,6,12,14H2,1-2H3,(H,23,24);1H. The van der Waals surface area contributed by atoms with Crippen molar-refractivity contribution in [1.82, 2.24) is 10.6 Å². The van der Waals surface area contributed by atoms with E-state index in [-0.39, 0.29) is 35.3 Å². The lowest BCUT2D eigenvalue weighted by Crippen LogP contribution is -2.34. The molecule has 1 heterocycles. The van der Waals surface area contributed by atoms with Crippen LogP contribution < -0.4 is 10.6 Å². The molecule has 0 radical (unpaired) electrons. The SMILES string of the molecule is Cc1ccc(C(NC(=O)CC2CCCN2)c2cccc(S(C)(=O)=O)c2)cc1.Cl. The summed E-state index contributed by atoms with van der Waals surface area (Å²) in [7, 11) is -3.32. The van der Waals surface area contributed by atoms with Crippen molar-refractivity contribution in [3.05, 3.63) is 65.2 Å². The van der Waals surface area contributed by atoms with Crippen LogP contribution in [0.25, 0.3) is 0 Å². The van der Waals surface area contributed by atoms with Crippen molar-refractivity contribution in [2.24, 2.45) is 0 Å². The van der Waals surface area contributed by atoms with Gasteiger partial charge in [-0.2, -0.15) is 0 Å². The predicted molar refractivity (Wildman–Crippen MR) is 114 cm³/mol. The fourth-order valence-corrected chi connectivity index (χ4v) is 4.09. The molecule has 7 heteroatoms. The van der Waals surface area contributed by atoms with Gasteiger partial charge in [-0.3, -0.25) is 4.79 Å². The van der Waals surface area contributed by atoms with Gasteiger partial charge in [0.15, 0.2) is 9.84 Å². The highest BCUT2D eigenvalue weighted by molar-refractivity contribution is 7.90. The predicted octanol–water partition coefficient (Wildman–Crippen LogP) is 3.17. The van der Waals surface area contributed by atoms with Crippen LogP contribution in [0.2, 0.25) is 0 Å². The Bertz CT molecular complexity index is 908. The fourth-order valence-electron chi connectivity index (χ4n) is 3.42. The summed E-state index contributed by atoms with van der Waals surface area (Å²) in [6.07, 6.45) is 3.72. The number of nitrogens with one attached hydrogen (secondary N) is 2. The number of hydrogen-bond donors (Lipinski definition) is 2. The molecule has 5 nitrogen and oxygen atoms in total. The van der Waals surface area contributed by atoms with Gasteiger partial charge in [-0.05, 0) is 49.6 Å². The maximum absolute atomic E-state index is 12.6. The van der Waals surface area contributed by atoms with E-state index in [9.17, 15) is 13.2 Å². The molecular weight excluding hydrogens is 396 g/mol. The Kier molecular flexibility index (Phi) is 7.63. The topological polar surface area (TPSA) is 75.3 Å². The summed E-state index contributed by atoms with van der Waals surface area (Å²) < 4.78 is 23.9. The molecule has 0 saturated carbocycles. The van der Waals surface area contributed by atoms with Gasteiger partial charge in [0.05, 0.1) is 10.9 Å². The molecule has 1 aliphatic heterocycles. The van der Waals surface area contributed by atoms with Gasteiger partial charge in [0.25, 0.3) is 0 Å². The number of benzene rings is 2. The number of hydrogen-bond acceptors (Lipinski definition) is 4. The summed E-state index contributed by atoms with van der Waals surface area (Å²) in [4.78, 5) is 12.9. The van der Waals surface area contributed by atoms with E-state index < -0.39 is 9.84 Å². The molecule has 0 spiro atoms. The first-order chi connectivity index (χ1) is 12.8. The summed E-state index contributed by atoms with van der Waals surface area (Å²) in [6, 6.07) is 14.6. The maximum atomic E-state index is 12.6. The third-order valence-electron chi connectivity index (χ3n) is 4.93. The van der Waals surface area contributed by atoms with Crippen molar-refractivity contribution in [3.8, 4) is 0 Å². The number of carbonyl (C=O) groups is 1. The van der Waals surface area contributed by atoms with Gasteiger partial charge in [0.1, 0.15) is 0 Å². The van der Waals surface area contributed by atoms with Crippen molar-refractivity contribution in [2.45, 2.75) is 43.2 Å².